The molecular weight excluding hydrogens is 679 g/mol. The van der Waals surface area contributed by atoms with Crippen LogP contribution in [0.2, 0.25) is 0 Å². The van der Waals surface area contributed by atoms with Gasteiger partial charge in [-0.25, -0.2) is 9.97 Å². The lowest BCUT2D eigenvalue weighted by atomic mass is 9.93. The van der Waals surface area contributed by atoms with E-state index in [2.05, 4.69) is 138 Å². The molecule has 7 aromatic carbocycles. The van der Waals surface area contributed by atoms with Gasteiger partial charge in [-0.05, 0) is 64.7 Å². The molecule has 11 rings (SSSR count). The van der Waals surface area contributed by atoms with E-state index in [-0.39, 0.29) is 0 Å². The Morgan fingerprint density at radius 3 is 2.00 bits per heavy atom. The van der Waals surface area contributed by atoms with Crippen molar-refractivity contribution in [1.29, 1.82) is 0 Å². The molecule has 11 aromatic rings. The molecule has 0 saturated heterocycles. The van der Waals surface area contributed by atoms with Crippen LogP contribution in [0.1, 0.15) is 0 Å². The summed E-state index contributed by atoms with van der Waals surface area (Å²) in [5.74, 6) is 0.653. The van der Waals surface area contributed by atoms with Gasteiger partial charge in [-0.3, -0.25) is 4.98 Å². The van der Waals surface area contributed by atoms with Gasteiger partial charge in [0.25, 0.3) is 0 Å². The van der Waals surface area contributed by atoms with Gasteiger partial charge in [-0.2, -0.15) is 0 Å². The van der Waals surface area contributed by atoms with E-state index in [0.29, 0.717) is 5.82 Å². The molecular formula is C49H29N3OS. The van der Waals surface area contributed by atoms with Crippen LogP contribution in [-0.2, 0) is 0 Å². The van der Waals surface area contributed by atoms with Gasteiger partial charge in [-0.1, -0.05) is 127 Å². The van der Waals surface area contributed by atoms with Crippen LogP contribution >= 0.6 is 11.3 Å². The van der Waals surface area contributed by atoms with E-state index in [9.17, 15) is 0 Å². The topological polar surface area (TPSA) is 51.8 Å². The molecule has 0 unspecified atom stereocenters. The number of rotatable bonds is 5. The molecule has 0 amide bonds. The highest BCUT2D eigenvalue weighted by Crippen LogP contribution is 2.46. The van der Waals surface area contributed by atoms with Crippen LogP contribution in [0.3, 0.4) is 0 Å². The Morgan fingerprint density at radius 1 is 0.426 bits per heavy atom. The maximum atomic E-state index is 6.81. The molecule has 252 valence electrons. The van der Waals surface area contributed by atoms with Crippen molar-refractivity contribution >= 4 is 64.4 Å². The van der Waals surface area contributed by atoms with E-state index in [0.717, 1.165) is 77.6 Å². The second-order valence-electron chi connectivity index (χ2n) is 13.5. The third kappa shape index (κ3) is 4.94. The predicted molar refractivity (Wildman–Crippen MR) is 225 cm³/mol. The fourth-order valence-corrected chi connectivity index (χ4v) is 9.00. The van der Waals surface area contributed by atoms with Crippen LogP contribution < -0.4 is 0 Å². The SMILES string of the molecule is c1ccc(-c2cc(-c3ccc(-c4cccc5sc6ccccc6c45)c4c3oc3ccccc34)nc(-c3ccc(-c4ccnc5ccccc45)cc3)n2)cc1. The molecule has 4 nitrogen and oxygen atoms in total. The number of fused-ring (bicyclic) bond motifs is 7. The standard InChI is InChI=1S/C49H29N3OS/c1-2-11-31(12-3-1)41-29-42(52-49(51-41)32-23-21-30(22-24-32)33-27-28-50-40-17-7-4-13-34(33)40)37-26-25-36(47-38-14-5-8-18-43(38)53-48(37)47)35-16-10-20-45-46(35)39-15-6-9-19-44(39)54-45/h1-29H. The van der Waals surface area contributed by atoms with E-state index in [1.165, 1.54) is 25.7 Å². The number of pyridine rings is 1. The zero-order chi connectivity index (χ0) is 35.6. The van der Waals surface area contributed by atoms with E-state index >= 15 is 0 Å². The molecule has 0 N–H and O–H groups in total. The predicted octanol–water partition coefficient (Wildman–Crippen LogP) is 13.6. The van der Waals surface area contributed by atoms with Crippen molar-refractivity contribution in [2.75, 3.05) is 0 Å². The van der Waals surface area contributed by atoms with Gasteiger partial charge >= 0.3 is 0 Å². The third-order valence-corrected chi connectivity index (χ3v) is 11.5. The zero-order valence-electron chi connectivity index (χ0n) is 28.9. The van der Waals surface area contributed by atoms with Gasteiger partial charge in [0, 0.05) is 59.2 Å². The molecule has 0 fully saturated rings. The first-order chi connectivity index (χ1) is 26.8. The highest BCUT2D eigenvalue weighted by atomic mass is 32.1. The molecule has 0 spiro atoms. The second kappa shape index (κ2) is 12.3. The van der Waals surface area contributed by atoms with Crippen molar-refractivity contribution in [2.24, 2.45) is 0 Å². The van der Waals surface area contributed by atoms with Crippen LogP contribution in [0.4, 0.5) is 0 Å². The summed E-state index contributed by atoms with van der Waals surface area (Å²) in [5, 5.41) is 5.84. The lowest BCUT2D eigenvalue weighted by Gasteiger charge is -2.12. The van der Waals surface area contributed by atoms with Gasteiger partial charge in [-0.15, -0.1) is 11.3 Å². The maximum absolute atomic E-state index is 6.81. The lowest BCUT2D eigenvalue weighted by molar-refractivity contribution is 0.670. The molecule has 0 bridgehead atoms. The van der Waals surface area contributed by atoms with Gasteiger partial charge in [0.05, 0.1) is 16.9 Å². The Balaban J connectivity index is 1.12. The lowest BCUT2D eigenvalue weighted by Crippen LogP contribution is -1.96. The van der Waals surface area contributed by atoms with Crippen molar-refractivity contribution in [3.63, 3.8) is 0 Å². The molecule has 4 aromatic heterocycles. The molecule has 0 aliphatic carbocycles. The number of thiophene rings is 1. The number of hydrogen-bond donors (Lipinski definition) is 0. The number of hydrogen-bond acceptors (Lipinski definition) is 5. The first-order valence-electron chi connectivity index (χ1n) is 18.0. The van der Waals surface area contributed by atoms with E-state index < -0.39 is 0 Å². The molecule has 0 radical (unpaired) electrons. The summed E-state index contributed by atoms with van der Waals surface area (Å²) in [6.07, 6.45) is 1.87. The summed E-state index contributed by atoms with van der Waals surface area (Å²) in [6.45, 7) is 0. The minimum atomic E-state index is 0.653. The fourth-order valence-electron chi connectivity index (χ4n) is 7.87. The van der Waals surface area contributed by atoms with Crippen LogP contribution in [0.15, 0.2) is 180 Å². The smallest absolute Gasteiger partial charge is 0.160 e. The molecule has 5 heteroatoms. The van der Waals surface area contributed by atoms with Crippen molar-refractivity contribution in [3.8, 4) is 56.2 Å². The number of benzene rings is 7. The number of aromatic nitrogens is 3. The third-order valence-electron chi connectivity index (χ3n) is 10.4. The van der Waals surface area contributed by atoms with Crippen LogP contribution in [-0.4, -0.2) is 15.0 Å². The van der Waals surface area contributed by atoms with Gasteiger partial charge in [0.1, 0.15) is 11.2 Å². The molecule has 4 heterocycles. The second-order valence-corrected chi connectivity index (χ2v) is 14.6. The quantitative estimate of drug-likeness (QED) is 0.179. The first-order valence-corrected chi connectivity index (χ1v) is 18.8. The Labute approximate surface area is 314 Å². The Morgan fingerprint density at radius 2 is 1.11 bits per heavy atom. The van der Waals surface area contributed by atoms with Crippen molar-refractivity contribution < 1.29 is 4.42 Å². The highest BCUT2D eigenvalue weighted by Gasteiger charge is 2.21. The van der Waals surface area contributed by atoms with Crippen LogP contribution in [0, 0.1) is 0 Å². The number of para-hydroxylation sites is 2. The average molecular weight is 708 g/mol. The largest absolute Gasteiger partial charge is 0.455 e. The van der Waals surface area contributed by atoms with Gasteiger partial charge < -0.3 is 4.42 Å². The summed E-state index contributed by atoms with van der Waals surface area (Å²) in [4.78, 5) is 15.0. The van der Waals surface area contributed by atoms with Crippen LogP contribution in [0.25, 0.3) is 109 Å². The van der Waals surface area contributed by atoms with E-state index in [1.807, 2.05) is 53.9 Å². The molecule has 0 aliphatic rings. The summed E-state index contributed by atoms with van der Waals surface area (Å²) in [5.41, 5.74) is 11.8. The number of furan rings is 1. The molecule has 0 atom stereocenters. The van der Waals surface area contributed by atoms with Crippen molar-refractivity contribution in [1.82, 2.24) is 15.0 Å². The van der Waals surface area contributed by atoms with Crippen LogP contribution in [0.5, 0.6) is 0 Å². The number of nitrogens with zero attached hydrogens (tertiary/aromatic N) is 3. The first kappa shape index (κ1) is 30.7. The Hall–Kier alpha value is -6.95. The van der Waals surface area contributed by atoms with E-state index in [4.69, 9.17) is 14.4 Å². The fraction of sp³-hybridized carbons (Fsp3) is 0. The van der Waals surface area contributed by atoms with Crippen molar-refractivity contribution in [3.05, 3.63) is 176 Å². The molecule has 0 aliphatic heterocycles. The normalized spacial score (nSPS) is 11.7. The summed E-state index contributed by atoms with van der Waals surface area (Å²) in [7, 11) is 0. The minimum Gasteiger partial charge on any atom is -0.455 e. The molecule has 54 heavy (non-hydrogen) atoms. The van der Waals surface area contributed by atoms with E-state index in [1.54, 1.807) is 0 Å². The Kier molecular flexibility index (Phi) is 7.00. The zero-order valence-corrected chi connectivity index (χ0v) is 29.7. The Bertz CT molecular complexity index is 3210. The summed E-state index contributed by atoms with van der Waals surface area (Å²) >= 11 is 1.84. The average Bonchev–Trinajstić information content (AvgIpc) is 3.83. The highest BCUT2D eigenvalue weighted by molar-refractivity contribution is 7.25. The van der Waals surface area contributed by atoms with Crippen molar-refractivity contribution in [2.45, 2.75) is 0 Å². The summed E-state index contributed by atoms with van der Waals surface area (Å²) < 4.78 is 9.37. The minimum absolute atomic E-state index is 0.653. The summed E-state index contributed by atoms with van der Waals surface area (Å²) in [6, 6.07) is 59.3. The molecule has 0 saturated carbocycles. The van der Waals surface area contributed by atoms with Gasteiger partial charge in [0.15, 0.2) is 5.82 Å². The van der Waals surface area contributed by atoms with Gasteiger partial charge in [0.2, 0.25) is 0 Å². The maximum Gasteiger partial charge on any atom is 0.160 e. The monoisotopic (exact) mass is 707 g/mol.